The number of aliphatic carboxylic acids is 3. The van der Waals surface area contributed by atoms with Crippen LogP contribution in [0.25, 0.3) is 11.2 Å². The number of ketones is 2. The van der Waals surface area contributed by atoms with Gasteiger partial charge in [-0.05, 0) is 49.9 Å². The topological polar surface area (TPSA) is 603 Å². The number of thiol groups is 1. The third-order valence-electron chi connectivity index (χ3n) is 13.3. The summed E-state index contributed by atoms with van der Waals surface area (Å²) in [7, 11) is 0. The molecule has 3 aromatic rings. The second-order valence-corrected chi connectivity index (χ2v) is 20.3. The van der Waals surface area contributed by atoms with E-state index >= 15 is 0 Å². The SMILES string of the molecule is Nc1nc2ncc(CNc3ccc(C(=O)N[C@@H](CCC(=O)C[C@@H](CCC(=O)NC[C@H](O)[C@@H](O)[C@H](O)[C@H](O)CO)C(=O)N[C@@H](CCC(=O)O)C(=O)C[C@@H](CCC(=O)NC[C@H](O)[C@@H](O)[C@H](O)[C@H](O)CO)C(=O)N[C@@H](CS)C(=O)O)C(=O)O)cc3)nc2c(=O)[nH]1. The molecule has 0 spiro atoms. The minimum absolute atomic E-state index is 0.0224. The number of carboxylic acids is 3. The molecule has 3 rings (SSSR count). The van der Waals surface area contributed by atoms with Crippen LogP contribution >= 0.6 is 12.6 Å². The number of nitrogens with zero attached hydrogens (tertiary/aromatic N) is 3. The number of aromatic nitrogens is 4. The number of nitrogens with two attached hydrogens (primary N) is 1. The van der Waals surface area contributed by atoms with Gasteiger partial charge >= 0.3 is 17.9 Å². The molecule has 0 aliphatic rings. The summed E-state index contributed by atoms with van der Waals surface area (Å²) in [5.41, 5.74) is 5.67. The number of carboxylic acid groups (broad SMARTS) is 3. The molecule has 0 aliphatic heterocycles. The number of rotatable bonds is 41. The van der Waals surface area contributed by atoms with Crippen LogP contribution in [0.15, 0.2) is 35.3 Å². The number of benzene rings is 1. The third kappa shape index (κ3) is 24.4. The molecule has 0 bridgehead atoms. The number of nitrogens with one attached hydrogen (secondary N) is 7. The molecule has 0 unspecified atom stereocenters. The Morgan fingerprint density at radius 3 is 1.59 bits per heavy atom. The van der Waals surface area contributed by atoms with E-state index in [1.165, 1.54) is 30.5 Å². The molecule has 2 aromatic heterocycles. The zero-order chi connectivity index (χ0) is 65.2. The molecule has 13 atom stereocenters. The quantitative estimate of drug-likeness (QED) is 0.0235. The van der Waals surface area contributed by atoms with Gasteiger partial charge in [-0.2, -0.15) is 17.6 Å². The van der Waals surface area contributed by atoms with Gasteiger partial charge in [-0.3, -0.25) is 48.1 Å². The number of aliphatic hydroxyl groups is 10. The average molecular weight is 1260 g/mol. The van der Waals surface area contributed by atoms with Crippen LogP contribution < -0.4 is 43.2 Å². The summed E-state index contributed by atoms with van der Waals surface area (Å²) in [5.74, 6) is -15.5. The van der Waals surface area contributed by atoms with Gasteiger partial charge in [0.15, 0.2) is 16.9 Å². The number of aromatic amines is 1. The Morgan fingerprint density at radius 2 is 1.09 bits per heavy atom. The first-order valence-corrected chi connectivity index (χ1v) is 27.4. The monoisotopic (exact) mass is 1260 g/mol. The van der Waals surface area contributed by atoms with E-state index in [4.69, 9.17) is 15.9 Å². The van der Waals surface area contributed by atoms with Crippen LogP contribution in [0.4, 0.5) is 11.6 Å². The van der Waals surface area contributed by atoms with E-state index in [0.29, 0.717) is 11.4 Å². The number of carbonyl (C=O) groups excluding carboxylic acids is 7. The molecule has 0 saturated heterocycles. The summed E-state index contributed by atoms with van der Waals surface area (Å²) in [6, 6.07) is 0.441. The van der Waals surface area contributed by atoms with E-state index in [0.717, 1.165) is 0 Å². The molecule has 0 aliphatic carbocycles. The second-order valence-electron chi connectivity index (χ2n) is 20.0. The molecule has 87 heavy (non-hydrogen) atoms. The molecule has 35 nitrogen and oxygen atoms in total. The highest BCUT2D eigenvalue weighted by Crippen LogP contribution is 2.21. The van der Waals surface area contributed by atoms with Gasteiger partial charge in [0.1, 0.15) is 54.5 Å². The van der Waals surface area contributed by atoms with Crippen molar-refractivity contribution in [3.05, 3.63) is 52.1 Å². The van der Waals surface area contributed by atoms with E-state index in [1.807, 2.05) is 0 Å². The maximum Gasteiger partial charge on any atom is 0.327 e. The highest BCUT2D eigenvalue weighted by molar-refractivity contribution is 7.80. The van der Waals surface area contributed by atoms with Crippen molar-refractivity contribution in [2.75, 3.05) is 43.1 Å². The summed E-state index contributed by atoms with van der Waals surface area (Å²) in [4.78, 5) is 157. The fourth-order valence-electron chi connectivity index (χ4n) is 8.14. The van der Waals surface area contributed by atoms with Gasteiger partial charge in [0.2, 0.25) is 29.6 Å². The van der Waals surface area contributed by atoms with Crippen molar-refractivity contribution in [1.82, 2.24) is 46.5 Å². The van der Waals surface area contributed by atoms with Crippen LogP contribution in [0.2, 0.25) is 0 Å². The van der Waals surface area contributed by atoms with Crippen LogP contribution in [-0.4, -0.2) is 244 Å². The van der Waals surface area contributed by atoms with Crippen molar-refractivity contribution in [2.45, 2.75) is 138 Å². The number of hydrogen-bond donors (Lipinski definition) is 22. The lowest BCUT2D eigenvalue weighted by atomic mass is 9.90. The van der Waals surface area contributed by atoms with Gasteiger partial charge in [0.25, 0.3) is 11.5 Å². The first-order valence-electron chi connectivity index (χ1n) is 26.8. The van der Waals surface area contributed by atoms with Crippen molar-refractivity contribution in [3.63, 3.8) is 0 Å². The van der Waals surface area contributed by atoms with Crippen molar-refractivity contribution in [3.8, 4) is 0 Å². The number of Topliss-reactive ketones (excluding diaryl/α,β-unsaturated/α-hetero) is 2. The van der Waals surface area contributed by atoms with Gasteiger partial charge in [-0.1, -0.05) is 0 Å². The van der Waals surface area contributed by atoms with Crippen LogP contribution in [0.5, 0.6) is 0 Å². The first-order chi connectivity index (χ1) is 41.0. The number of carbonyl (C=O) groups is 10. The summed E-state index contributed by atoms with van der Waals surface area (Å²) in [5, 5.41) is 141. The molecule has 0 fully saturated rings. The predicted octanol–water partition coefficient (Wildman–Crippen LogP) is -7.47. The van der Waals surface area contributed by atoms with E-state index in [-0.39, 0.29) is 29.2 Å². The Morgan fingerprint density at radius 1 is 0.598 bits per heavy atom. The molecule has 0 saturated carbocycles. The Bertz CT molecular complexity index is 2910. The van der Waals surface area contributed by atoms with Crippen LogP contribution in [-0.2, 0) is 49.7 Å². The molecule has 22 N–H and O–H groups in total. The molecular weight excluding hydrogens is 1180 g/mol. The lowest BCUT2D eigenvalue weighted by Crippen LogP contribution is -2.50. The highest BCUT2D eigenvalue weighted by Gasteiger charge is 2.35. The van der Waals surface area contributed by atoms with Crippen molar-refractivity contribution < 1.29 is 114 Å². The summed E-state index contributed by atoms with van der Waals surface area (Å²) in [6.07, 6.45) is -21.4. The van der Waals surface area contributed by atoms with E-state index in [9.17, 15) is 109 Å². The lowest BCUT2D eigenvalue weighted by Gasteiger charge is -2.26. The smallest absolute Gasteiger partial charge is 0.327 e. The number of nitrogen functional groups attached to an aromatic ring is 1. The van der Waals surface area contributed by atoms with Gasteiger partial charge in [0, 0.05) is 80.5 Å². The van der Waals surface area contributed by atoms with Crippen molar-refractivity contribution in [1.29, 1.82) is 0 Å². The normalized spacial score (nSPS) is 15.9. The van der Waals surface area contributed by atoms with Crippen LogP contribution in [0.1, 0.15) is 80.3 Å². The van der Waals surface area contributed by atoms with Gasteiger partial charge in [-0.15, -0.1) is 0 Å². The van der Waals surface area contributed by atoms with E-state index in [1.54, 1.807) is 0 Å². The standard InChI is InChI=1S/C51H73N11O24S/c52-51-61-44-39(48(82)62-51)57-26(16-56-44)15-53-25-5-1-22(2-6-25)45(79)59-29(49(83)84)8-7-27(65)13-23(3-10-36(71)54-17-32(67)40(75)42(77)34(69)19-63)46(80)58-28(9-12-38(73)74)31(66)14-24(47(81)60-30(21-87)50(85)86)4-11-37(72)55-18-33(68)41(76)43(78)35(70)20-64/h1-2,5-6,16,23-24,28-30,32-35,40-43,53,63-64,67-70,75-78,87H,3-4,7-15,17-21H2,(H,54,71)(H,55,72)(H,58,80)(H,59,79)(H,60,81)(H,73,74)(H,83,84)(H,85,86)(H3,52,56,61,62,82)/t23-,24-,28+,29+,30+,32+,33+,34-,35-,40-,41-,42-,43-/m1/s1. The van der Waals surface area contributed by atoms with Crippen molar-refractivity contribution >= 4 is 94.4 Å². The van der Waals surface area contributed by atoms with Crippen molar-refractivity contribution in [2.24, 2.45) is 11.8 Å². The Hall–Kier alpha value is -7.91. The minimum atomic E-state index is -2.09. The maximum atomic E-state index is 14.2. The fraction of sp³-hybridized carbons (Fsp3) is 0.569. The van der Waals surface area contributed by atoms with E-state index in [2.05, 4.69) is 64.5 Å². The Labute approximate surface area is 498 Å². The summed E-state index contributed by atoms with van der Waals surface area (Å²) < 4.78 is 0. The Kier molecular flexibility index (Phi) is 30.6. The van der Waals surface area contributed by atoms with Gasteiger partial charge in [0.05, 0.1) is 49.9 Å². The largest absolute Gasteiger partial charge is 0.481 e. The number of amides is 5. The average Bonchev–Trinajstić information content (AvgIpc) is 2.28. The molecule has 36 heteroatoms. The summed E-state index contributed by atoms with van der Waals surface area (Å²) >= 11 is 3.90. The Balaban J connectivity index is 1.83. The summed E-state index contributed by atoms with van der Waals surface area (Å²) in [6.45, 7) is -3.48. The third-order valence-corrected chi connectivity index (χ3v) is 13.7. The number of H-pyrrole nitrogens is 1. The zero-order valence-corrected chi connectivity index (χ0v) is 47.3. The number of anilines is 2. The predicted molar refractivity (Wildman–Crippen MR) is 299 cm³/mol. The molecule has 482 valence electrons. The molecular formula is C51H73N11O24S. The second kappa shape index (κ2) is 36.3. The lowest BCUT2D eigenvalue weighted by molar-refractivity contribution is -0.142. The first kappa shape index (κ1) is 73.3. The molecule has 0 radical (unpaired) electrons. The number of fused-ring (bicyclic) bond motifs is 1. The molecule has 5 amide bonds. The fourth-order valence-corrected chi connectivity index (χ4v) is 8.39. The molecule has 1 aromatic carbocycles. The zero-order valence-electron chi connectivity index (χ0n) is 46.4. The molecule has 2 heterocycles. The highest BCUT2D eigenvalue weighted by atomic mass is 32.1. The van der Waals surface area contributed by atoms with E-state index < -0.39 is 240 Å². The van der Waals surface area contributed by atoms with Gasteiger partial charge in [-0.25, -0.2) is 19.6 Å². The van der Waals surface area contributed by atoms with Gasteiger partial charge < -0.3 is 104 Å². The maximum absolute atomic E-state index is 14.2. The van der Waals surface area contributed by atoms with Crippen LogP contribution in [0, 0.1) is 11.8 Å². The number of aliphatic hydroxyl groups excluding tert-OH is 10. The number of hydrogen-bond acceptors (Lipinski definition) is 27. The minimum Gasteiger partial charge on any atom is -0.481 e. The van der Waals surface area contributed by atoms with Crippen LogP contribution in [0.3, 0.4) is 0 Å².